The fourth-order valence-electron chi connectivity index (χ4n) is 2.85. The number of amidine groups is 1. The van der Waals surface area contributed by atoms with Gasteiger partial charge in [-0.25, -0.2) is 4.90 Å². The van der Waals surface area contributed by atoms with Gasteiger partial charge in [0.2, 0.25) is 11.8 Å². The van der Waals surface area contributed by atoms with Crippen molar-refractivity contribution in [2.75, 3.05) is 17.3 Å². The van der Waals surface area contributed by atoms with Crippen molar-refractivity contribution < 1.29 is 22.8 Å². The number of thioether (sulfide) groups is 1. The average molecular weight is 511 g/mol. The predicted molar refractivity (Wildman–Crippen MR) is 118 cm³/mol. The summed E-state index contributed by atoms with van der Waals surface area (Å²) in [5, 5.41) is 2.16. The number of halogens is 6. The number of anilines is 2. The molecule has 1 fully saturated rings. The molecule has 0 unspecified atom stereocenters. The summed E-state index contributed by atoms with van der Waals surface area (Å²) in [4.78, 5) is 30.2. The van der Waals surface area contributed by atoms with Gasteiger partial charge in [0.15, 0.2) is 5.17 Å². The van der Waals surface area contributed by atoms with Crippen molar-refractivity contribution in [3.63, 3.8) is 0 Å². The minimum Gasteiger partial charge on any atom is -0.335 e. The molecule has 31 heavy (non-hydrogen) atoms. The van der Waals surface area contributed by atoms with Crippen LogP contribution in [0.2, 0.25) is 15.1 Å². The van der Waals surface area contributed by atoms with Crippen molar-refractivity contribution in [1.29, 1.82) is 0 Å². The molecule has 1 saturated heterocycles. The van der Waals surface area contributed by atoms with E-state index >= 15 is 0 Å². The van der Waals surface area contributed by atoms with E-state index in [9.17, 15) is 22.8 Å². The molecular weight excluding hydrogens is 498 g/mol. The molecule has 0 saturated carbocycles. The van der Waals surface area contributed by atoms with Crippen LogP contribution in [0.3, 0.4) is 0 Å². The minimum absolute atomic E-state index is 0.0834. The van der Waals surface area contributed by atoms with Gasteiger partial charge in [0.1, 0.15) is 5.25 Å². The first-order valence-electron chi connectivity index (χ1n) is 8.59. The van der Waals surface area contributed by atoms with E-state index < -0.39 is 33.8 Å². The predicted octanol–water partition coefficient (Wildman–Crippen LogP) is 6.13. The van der Waals surface area contributed by atoms with Gasteiger partial charge in [-0.3, -0.25) is 14.6 Å². The maximum atomic E-state index is 13.1. The van der Waals surface area contributed by atoms with Gasteiger partial charge in [-0.15, -0.1) is 0 Å². The smallest absolute Gasteiger partial charge is 0.335 e. The molecule has 1 aliphatic heterocycles. The lowest BCUT2D eigenvalue weighted by Gasteiger charge is -2.17. The Labute approximate surface area is 194 Å². The Morgan fingerprint density at radius 1 is 1.13 bits per heavy atom. The van der Waals surface area contributed by atoms with Crippen molar-refractivity contribution in [2.45, 2.75) is 17.8 Å². The molecule has 12 heteroatoms. The summed E-state index contributed by atoms with van der Waals surface area (Å²) in [6, 6.07) is 7.66. The van der Waals surface area contributed by atoms with E-state index in [0.29, 0.717) is 0 Å². The lowest BCUT2D eigenvalue weighted by Crippen LogP contribution is -2.31. The number of carbonyl (C=O) groups is 2. The van der Waals surface area contributed by atoms with Gasteiger partial charge in [0, 0.05) is 29.2 Å². The zero-order valence-corrected chi connectivity index (χ0v) is 18.7. The molecule has 1 heterocycles. The highest BCUT2D eigenvalue weighted by molar-refractivity contribution is 8.15. The Hall–Kier alpha value is -1.94. The molecule has 1 atom stereocenters. The highest BCUT2D eigenvalue weighted by Crippen LogP contribution is 2.37. The number of amides is 2. The lowest BCUT2D eigenvalue weighted by molar-refractivity contribution is -0.137. The topological polar surface area (TPSA) is 61.8 Å². The van der Waals surface area contributed by atoms with Gasteiger partial charge in [-0.1, -0.05) is 46.6 Å². The molecule has 0 aromatic heterocycles. The number of carbonyl (C=O) groups excluding carboxylic acids is 2. The van der Waals surface area contributed by atoms with E-state index in [2.05, 4.69) is 10.3 Å². The molecular formula is C19H13Cl3F3N3O2S. The molecule has 1 aliphatic rings. The maximum absolute atomic E-state index is 13.1. The second-order valence-electron chi connectivity index (χ2n) is 6.35. The number of hydrogen-bond donors (Lipinski definition) is 1. The van der Waals surface area contributed by atoms with Crippen LogP contribution in [0.5, 0.6) is 0 Å². The summed E-state index contributed by atoms with van der Waals surface area (Å²) >= 11 is 18.5. The molecule has 164 valence electrons. The highest BCUT2D eigenvalue weighted by Gasteiger charge is 2.41. The van der Waals surface area contributed by atoms with Crippen LogP contribution in [0.15, 0.2) is 41.4 Å². The molecule has 0 aliphatic carbocycles. The number of imide groups is 1. The normalized spacial score (nSPS) is 17.5. The molecule has 0 bridgehead atoms. The monoisotopic (exact) mass is 509 g/mol. The standard InChI is InChI=1S/C19H13Cl3F3N3O2S/c1-26-18(27-11-2-3-14(22)13(7-11)19(23,24)25)31-15-8-16(29)28(17(15)30)12-5-9(20)4-10(21)6-12/h2-7,15H,8H2,1H3,(H,26,27)/t15-/m1/s1. The summed E-state index contributed by atoms with van der Waals surface area (Å²) in [5.41, 5.74) is -0.679. The SMILES string of the molecule is CN=C(Nc1ccc(Cl)c(C(F)(F)F)c1)S[C@@H]1CC(=O)N(c2cc(Cl)cc(Cl)c2)C1=O. The third kappa shape index (κ3) is 5.46. The largest absolute Gasteiger partial charge is 0.417 e. The van der Waals surface area contributed by atoms with Crippen molar-refractivity contribution in [3.8, 4) is 0 Å². The van der Waals surface area contributed by atoms with E-state index in [1.54, 1.807) is 0 Å². The van der Waals surface area contributed by atoms with E-state index in [1.807, 2.05) is 0 Å². The zero-order valence-electron chi connectivity index (χ0n) is 15.6. The maximum Gasteiger partial charge on any atom is 0.417 e. The highest BCUT2D eigenvalue weighted by atomic mass is 35.5. The molecule has 1 N–H and O–H groups in total. The number of aliphatic imine (C=N–C) groups is 1. The van der Waals surface area contributed by atoms with Crippen molar-refractivity contribution in [1.82, 2.24) is 0 Å². The van der Waals surface area contributed by atoms with Crippen LogP contribution < -0.4 is 10.2 Å². The fraction of sp³-hybridized carbons (Fsp3) is 0.211. The Morgan fingerprint density at radius 2 is 1.77 bits per heavy atom. The van der Waals surface area contributed by atoms with E-state index in [4.69, 9.17) is 34.8 Å². The van der Waals surface area contributed by atoms with Crippen LogP contribution >= 0.6 is 46.6 Å². The first-order valence-corrected chi connectivity index (χ1v) is 10.6. The summed E-state index contributed by atoms with van der Waals surface area (Å²) in [7, 11) is 1.41. The van der Waals surface area contributed by atoms with Gasteiger partial charge < -0.3 is 5.32 Å². The van der Waals surface area contributed by atoms with Crippen LogP contribution in [0.1, 0.15) is 12.0 Å². The summed E-state index contributed by atoms with van der Waals surface area (Å²) in [6.07, 6.45) is -4.75. The lowest BCUT2D eigenvalue weighted by atomic mass is 10.2. The minimum atomic E-state index is -4.63. The molecule has 0 spiro atoms. The fourth-order valence-corrected chi connectivity index (χ4v) is 4.58. The van der Waals surface area contributed by atoms with Crippen LogP contribution in [0, 0.1) is 0 Å². The van der Waals surface area contributed by atoms with Crippen molar-refractivity contribution in [3.05, 3.63) is 57.0 Å². The third-order valence-corrected chi connectivity index (χ3v) is 6.12. The number of nitrogens with zero attached hydrogens (tertiary/aromatic N) is 2. The van der Waals surface area contributed by atoms with Crippen LogP contribution in [0.4, 0.5) is 24.5 Å². The Bertz CT molecular complexity index is 1060. The molecule has 0 radical (unpaired) electrons. The summed E-state index contributed by atoms with van der Waals surface area (Å²) < 4.78 is 39.2. The number of benzene rings is 2. The zero-order chi connectivity index (χ0) is 22.9. The molecule has 2 amide bonds. The third-order valence-electron chi connectivity index (χ3n) is 4.19. The number of hydrogen-bond acceptors (Lipinski definition) is 4. The average Bonchev–Trinajstić information content (AvgIpc) is 2.94. The molecule has 2 aromatic rings. The number of alkyl halides is 3. The molecule has 2 aromatic carbocycles. The quantitative estimate of drug-likeness (QED) is 0.307. The second kappa shape index (κ2) is 9.28. The Balaban J connectivity index is 1.77. The van der Waals surface area contributed by atoms with E-state index in [0.717, 1.165) is 28.8 Å². The molecule has 5 nitrogen and oxygen atoms in total. The second-order valence-corrected chi connectivity index (χ2v) is 8.82. The summed E-state index contributed by atoms with van der Waals surface area (Å²) in [6.45, 7) is 0. The first kappa shape index (κ1) is 23.7. The van der Waals surface area contributed by atoms with Gasteiger partial charge >= 0.3 is 6.18 Å². The van der Waals surface area contributed by atoms with Gasteiger partial charge in [0.05, 0.1) is 16.3 Å². The van der Waals surface area contributed by atoms with Gasteiger partial charge in [-0.2, -0.15) is 13.2 Å². The Kier molecular flexibility index (Phi) is 7.10. The van der Waals surface area contributed by atoms with Gasteiger partial charge in [0.25, 0.3) is 0 Å². The Morgan fingerprint density at radius 3 is 2.35 bits per heavy atom. The van der Waals surface area contributed by atoms with Crippen LogP contribution in [-0.4, -0.2) is 29.3 Å². The molecule has 3 rings (SSSR count). The van der Waals surface area contributed by atoms with Crippen molar-refractivity contribution in [2.24, 2.45) is 4.99 Å². The van der Waals surface area contributed by atoms with Gasteiger partial charge in [-0.05, 0) is 36.4 Å². The van der Waals surface area contributed by atoms with E-state index in [-0.39, 0.29) is 33.0 Å². The van der Waals surface area contributed by atoms with Crippen molar-refractivity contribution >= 4 is 74.9 Å². The first-order chi connectivity index (χ1) is 14.5. The number of nitrogens with one attached hydrogen (secondary N) is 1. The number of rotatable bonds is 3. The summed E-state index contributed by atoms with van der Waals surface area (Å²) in [5.74, 6) is -0.967. The van der Waals surface area contributed by atoms with E-state index in [1.165, 1.54) is 31.3 Å². The van der Waals surface area contributed by atoms with Crippen LogP contribution in [-0.2, 0) is 15.8 Å². The van der Waals surface area contributed by atoms with Crippen LogP contribution in [0.25, 0.3) is 0 Å².